The van der Waals surface area contributed by atoms with Crippen molar-refractivity contribution in [1.29, 1.82) is 0 Å². The van der Waals surface area contributed by atoms with E-state index < -0.39 is 0 Å². The zero-order chi connectivity index (χ0) is 16.9. The first kappa shape index (κ1) is 16.0. The number of hydrogen-bond donors (Lipinski definition) is 1. The third-order valence-corrected chi connectivity index (χ3v) is 7.12. The van der Waals surface area contributed by atoms with Gasteiger partial charge in [-0.15, -0.1) is 0 Å². The fraction of sp³-hybridized carbons (Fsp3) is 0.619. The number of aryl methyl sites for hydroxylation is 1. The van der Waals surface area contributed by atoms with E-state index in [1.807, 2.05) is 13.2 Å². The fourth-order valence-electron chi connectivity index (χ4n) is 5.93. The van der Waals surface area contributed by atoms with Gasteiger partial charge in [-0.05, 0) is 73.1 Å². The van der Waals surface area contributed by atoms with Crippen LogP contribution in [0.5, 0.6) is 11.5 Å². The van der Waals surface area contributed by atoms with Gasteiger partial charge >= 0.3 is 0 Å². The van der Waals surface area contributed by atoms with Crippen LogP contribution in [0.15, 0.2) is 24.3 Å². The lowest BCUT2D eigenvalue weighted by atomic mass is 9.53. The number of ether oxygens (including phenoxy) is 2. The van der Waals surface area contributed by atoms with E-state index in [0.717, 1.165) is 6.42 Å². The monoisotopic (exact) mass is 328 g/mol. The Bertz CT molecular complexity index is 665. The van der Waals surface area contributed by atoms with E-state index in [0.29, 0.717) is 23.5 Å². The Morgan fingerprint density at radius 1 is 1.21 bits per heavy atom. The lowest BCUT2D eigenvalue weighted by molar-refractivity contribution is -0.0473. The SMILES string of the molecule is CC[C@]12CC[C@@H]3c4cc(OC)c(O)cc4CC[C@H]3[C@@H]1C=C[C@@H]2OC. The second kappa shape index (κ2) is 5.80. The maximum atomic E-state index is 10.1. The van der Waals surface area contributed by atoms with Gasteiger partial charge in [0.15, 0.2) is 11.5 Å². The number of benzene rings is 1. The number of methoxy groups -OCH3 is 2. The minimum Gasteiger partial charge on any atom is -0.504 e. The second-order valence-electron chi connectivity index (χ2n) is 7.72. The first-order valence-corrected chi connectivity index (χ1v) is 9.25. The minimum absolute atomic E-state index is 0.268. The third-order valence-electron chi connectivity index (χ3n) is 7.12. The van der Waals surface area contributed by atoms with Crippen molar-refractivity contribution in [3.63, 3.8) is 0 Å². The number of fused-ring (bicyclic) bond motifs is 5. The van der Waals surface area contributed by atoms with E-state index in [-0.39, 0.29) is 17.3 Å². The third kappa shape index (κ3) is 2.07. The highest BCUT2D eigenvalue weighted by Crippen LogP contribution is 2.61. The van der Waals surface area contributed by atoms with Crippen LogP contribution in [-0.4, -0.2) is 25.4 Å². The van der Waals surface area contributed by atoms with E-state index >= 15 is 0 Å². The molecule has 1 N–H and O–H groups in total. The van der Waals surface area contributed by atoms with Crippen LogP contribution in [0.2, 0.25) is 0 Å². The molecule has 4 rings (SSSR count). The van der Waals surface area contributed by atoms with Gasteiger partial charge in [0.1, 0.15) is 0 Å². The van der Waals surface area contributed by atoms with Gasteiger partial charge in [0.2, 0.25) is 0 Å². The van der Waals surface area contributed by atoms with Crippen molar-refractivity contribution in [2.45, 2.75) is 51.0 Å². The Morgan fingerprint density at radius 3 is 2.75 bits per heavy atom. The topological polar surface area (TPSA) is 38.7 Å². The van der Waals surface area contributed by atoms with Gasteiger partial charge in [0.05, 0.1) is 13.2 Å². The molecule has 0 aromatic heterocycles. The maximum absolute atomic E-state index is 10.1. The van der Waals surface area contributed by atoms with Gasteiger partial charge in [-0.25, -0.2) is 0 Å². The Balaban J connectivity index is 1.72. The highest BCUT2D eigenvalue weighted by Gasteiger charge is 2.54. The van der Waals surface area contributed by atoms with E-state index in [4.69, 9.17) is 9.47 Å². The zero-order valence-corrected chi connectivity index (χ0v) is 14.9. The summed E-state index contributed by atoms with van der Waals surface area (Å²) < 4.78 is 11.2. The normalized spacial score (nSPS) is 36.8. The summed E-state index contributed by atoms with van der Waals surface area (Å²) in [6, 6.07) is 4.02. The zero-order valence-electron chi connectivity index (χ0n) is 14.9. The predicted octanol–water partition coefficient (Wildman–Crippen LogP) is 4.44. The summed E-state index contributed by atoms with van der Waals surface area (Å²) in [6.07, 6.45) is 10.9. The first-order valence-electron chi connectivity index (χ1n) is 9.25. The molecule has 3 nitrogen and oxygen atoms in total. The largest absolute Gasteiger partial charge is 0.504 e. The Kier molecular flexibility index (Phi) is 3.87. The molecule has 0 heterocycles. The molecule has 0 aliphatic heterocycles. The molecule has 1 aromatic rings. The molecule has 0 spiro atoms. The summed E-state index contributed by atoms with van der Waals surface area (Å²) in [7, 11) is 3.48. The summed E-state index contributed by atoms with van der Waals surface area (Å²) >= 11 is 0. The van der Waals surface area contributed by atoms with Gasteiger partial charge in [-0.3, -0.25) is 0 Å². The fourth-order valence-corrected chi connectivity index (χ4v) is 5.93. The summed E-state index contributed by atoms with van der Waals surface area (Å²) in [4.78, 5) is 0. The summed E-state index contributed by atoms with van der Waals surface area (Å²) in [5, 5.41) is 10.1. The van der Waals surface area contributed by atoms with Crippen LogP contribution < -0.4 is 4.74 Å². The molecule has 5 atom stereocenters. The number of phenols is 1. The molecule has 0 radical (unpaired) electrons. The summed E-state index contributed by atoms with van der Waals surface area (Å²) in [5.74, 6) is 2.75. The van der Waals surface area contributed by atoms with Crippen molar-refractivity contribution in [1.82, 2.24) is 0 Å². The molecule has 24 heavy (non-hydrogen) atoms. The Labute approximate surface area is 144 Å². The molecule has 1 saturated carbocycles. The average Bonchev–Trinajstić information content (AvgIpc) is 2.99. The van der Waals surface area contributed by atoms with Gasteiger partial charge in [-0.2, -0.15) is 0 Å². The molecule has 1 fully saturated rings. The van der Waals surface area contributed by atoms with Gasteiger partial charge < -0.3 is 14.6 Å². The Morgan fingerprint density at radius 2 is 2.04 bits per heavy atom. The summed E-state index contributed by atoms with van der Waals surface area (Å²) in [5.41, 5.74) is 3.00. The lowest BCUT2D eigenvalue weighted by Gasteiger charge is -2.52. The number of phenolic OH excluding ortho intramolecular Hbond substituents is 1. The van der Waals surface area contributed by atoms with Crippen LogP contribution in [0.3, 0.4) is 0 Å². The van der Waals surface area contributed by atoms with Crippen LogP contribution in [0.1, 0.15) is 49.7 Å². The van der Waals surface area contributed by atoms with E-state index in [1.54, 1.807) is 7.11 Å². The highest BCUT2D eigenvalue weighted by atomic mass is 16.5. The predicted molar refractivity (Wildman–Crippen MR) is 94.6 cm³/mol. The first-order chi connectivity index (χ1) is 11.6. The molecule has 0 saturated heterocycles. The van der Waals surface area contributed by atoms with Crippen molar-refractivity contribution in [3.05, 3.63) is 35.4 Å². The van der Waals surface area contributed by atoms with Crippen molar-refractivity contribution in [2.75, 3.05) is 14.2 Å². The van der Waals surface area contributed by atoms with Crippen LogP contribution in [-0.2, 0) is 11.2 Å². The molecule has 3 heteroatoms. The molecule has 0 bridgehead atoms. The molecule has 130 valence electrons. The number of aromatic hydroxyl groups is 1. The smallest absolute Gasteiger partial charge is 0.160 e. The molecule has 0 unspecified atom stereocenters. The van der Waals surface area contributed by atoms with E-state index in [9.17, 15) is 5.11 Å². The number of allylic oxidation sites excluding steroid dienone is 1. The van der Waals surface area contributed by atoms with Crippen LogP contribution >= 0.6 is 0 Å². The van der Waals surface area contributed by atoms with Crippen LogP contribution in [0.25, 0.3) is 0 Å². The van der Waals surface area contributed by atoms with Crippen LogP contribution in [0.4, 0.5) is 0 Å². The number of rotatable bonds is 3. The van der Waals surface area contributed by atoms with Crippen molar-refractivity contribution >= 4 is 0 Å². The van der Waals surface area contributed by atoms with Gasteiger partial charge in [0.25, 0.3) is 0 Å². The molecule has 3 aliphatic carbocycles. The second-order valence-corrected chi connectivity index (χ2v) is 7.72. The van der Waals surface area contributed by atoms with Crippen molar-refractivity contribution in [2.24, 2.45) is 17.3 Å². The summed E-state index contributed by atoms with van der Waals surface area (Å²) in [6.45, 7) is 2.32. The molecular formula is C21H28O3. The molecule has 0 amide bonds. The van der Waals surface area contributed by atoms with E-state index in [1.165, 1.54) is 36.8 Å². The Hall–Kier alpha value is -1.48. The minimum atomic E-state index is 0.268. The average molecular weight is 328 g/mol. The van der Waals surface area contributed by atoms with E-state index in [2.05, 4.69) is 25.1 Å². The quantitative estimate of drug-likeness (QED) is 0.834. The molecular weight excluding hydrogens is 300 g/mol. The van der Waals surface area contributed by atoms with Crippen molar-refractivity contribution in [3.8, 4) is 11.5 Å². The molecule has 3 aliphatic rings. The number of hydrogen-bond acceptors (Lipinski definition) is 3. The lowest BCUT2D eigenvalue weighted by Crippen LogP contribution is -2.46. The van der Waals surface area contributed by atoms with Gasteiger partial charge in [-0.1, -0.05) is 19.1 Å². The maximum Gasteiger partial charge on any atom is 0.160 e. The highest BCUT2D eigenvalue weighted by molar-refractivity contribution is 5.49. The van der Waals surface area contributed by atoms with Crippen LogP contribution in [0, 0.1) is 17.3 Å². The molecule has 1 aromatic carbocycles. The standard InChI is InChI=1S/C21H28O3/c1-4-21-10-9-14-15(17(21)7-8-20(21)24-3)6-5-13-11-18(22)19(23-2)12-16(13)14/h7-8,11-12,14-15,17,20,22H,4-6,9-10H2,1-3H3/t14-,15+,17-,20-,21-/m0/s1. The van der Waals surface area contributed by atoms with Crippen molar-refractivity contribution < 1.29 is 14.6 Å². The van der Waals surface area contributed by atoms with Gasteiger partial charge in [0, 0.05) is 12.5 Å².